The van der Waals surface area contributed by atoms with Gasteiger partial charge in [0.05, 0.1) is 6.61 Å². The fraction of sp³-hybridized carbons (Fsp3) is 0.478. The second-order valence-electron chi connectivity index (χ2n) is 7.88. The molecular formula is C23H30N4O5S. The van der Waals surface area contributed by atoms with Crippen molar-refractivity contribution >= 4 is 29.2 Å². The third-order valence-electron chi connectivity index (χ3n) is 5.26. The molecule has 10 heteroatoms. The van der Waals surface area contributed by atoms with Gasteiger partial charge in [-0.15, -0.1) is 11.3 Å². The standard InChI is InChI=1S/C23H30N4O5S/c1-3-31-21(28)12-24-23(30)26-17-8-6-16(7-9-17)25-22(29)19-14-33-20(27-19)13-32-18-10-4-15(2)5-11-18/h4-5,10-11,14,16-17H,3,6-9,12-13H2,1-2H3,(H,25,29)(H2,24,26,30). The van der Waals surface area contributed by atoms with Gasteiger partial charge in [-0.05, 0) is 51.7 Å². The van der Waals surface area contributed by atoms with Gasteiger partial charge < -0.3 is 25.4 Å². The minimum Gasteiger partial charge on any atom is -0.486 e. The Morgan fingerprint density at radius 3 is 2.39 bits per heavy atom. The molecule has 1 aromatic heterocycles. The maximum absolute atomic E-state index is 12.6. The Hall–Kier alpha value is -3.14. The van der Waals surface area contributed by atoms with Gasteiger partial charge >= 0.3 is 12.0 Å². The lowest BCUT2D eigenvalue weighted by atomic mass is 9.91. The molecule has 9 nitrogen and oxygen atoms in total. The van der Waals surface area contributed by atoms with Crippen molar-refractivity contribution in [1.82, 2.24) is 20.9 Å². The van der Waals surface area contributed by atoms with Gasteiger partial charge in [-0.1, -0.05) is 17.7 Å². The van der Waals surface area contributed by atoms with Gasteiger partial charge in [0.2, 0.25) is 0 Å². The third kappa shape index (κ3) is 8.05. The van der Waals surface area contributed by atoms with Crippen LogP contribution in [0.2, 0.25) is 0 Å². The number of nitrogens with one attached hydrogen (secondary N) is 3. The summed E-state index contributed by atoms with van der Waals surface area (Å²) in [4.78, 5) is 40.2. The first-order chi connectivity index (χ1) is 15.9. The van der Waals surface area contributed by atoms with Crippen molar-refractivity contribution in [2.45, 2.75) is 58.2 Å². The van der Waals surface area contributed by atoms with Crippen molar-refractivity contribution in [1.29, 1.82) is 0 Å². The molecule has 0 atom stereocenters. The molecule has 1 aliphatic rings. The number of urea groups is 1. The molecule has 0 aliphatic heterocycles. The largest absolute Gasteiger partial charge is 0.486 e. The lowest BCUT2D eigenvalue weighted by Crippen LogP contribution is -2.47. The van der Waals surface area contributed by atoms with Crippen LogP contribution in [0.15, 0.2) is 29.6 Å². The minimum absolute atomic E-state index is 0.00476. The maximum Gasteiger partial charge on any atom is 0.325 e. The van der Waals surface area contributed by atoms with Crippen molar-refractivity contribution in [2.75, 3.05) is 13.2 Å². The molecule has 0 unspecified atom stereocenters. The molecule has 0 saturated heterocycles. The fourth-order valence-electron chi connectivity index (χ4n) is 3.50. The number of nitrogens with zero attached hydrogens (tertiary/aromatic N) is 1. The van der Waals surface area contributed by atoms with Gasteiger partial charge in [-0.3, -0.25) is 9.59 Å². The highest BCUT2D eigenvalue weighted by atomic mass is 32.1. The third-order valence-corrected chi connectivity index (χ3v) is 6.09. The molecule has 3 N–H and O–H groups in total. The van der Waals surface area contributed by atoms with E-state index in [9.17, 15) is 14.4 Å². The van der Waals surface area contributed by atoms with E-state index in [1.54, 1.807) is 12.3 Å². The van der Waals surface area contributed by atoms with Gasteiger partial charge in [0.1, 0.15) is 29.6 Å². The number of hydrogen-bond acceptors (Lipinski definition) is 7. The first-order valence-electron chi connectivity index (χ1n) is 11.1. The number of ether oxygens (including phenoxy) is 2. The first-order valence-corrected chi connectivity index (χ1v) is 12.0. The van der Waals surface area contributed by atoms with Gasteiger partial charge in [0.25, 0.3) is 5.91 Å². The van der Waals surface area contributed by atoms with Crippen molar-refractivity contribution in [3.8, 4) is 5.75 Å². The number of carbonyl (C=O) groups is 3. The molecule has 1 saturated carbocycles. The van der Waals surface area contributed by atoms with Crippen LogP contribution in [0.25, 0.3) is 0 Å². The molecule has 3 amide bonds. The van der Waals surface area contributed by atoms with E-state index in [-0.39, 0.29) is 31.1 Å². The lowest BCUT2D eigenvalue weighted by Gasteiger charge is -2.29. The second kappa shape index (κ2) is 12.2. The summed E-state index contributed by atoms with van der Waals surface area (Å²) in [7, 11) is 0. The van der Waals surface area contributed by atoms with Crippen LogP contribution < -0.4 is 20.7 Å². The summed E-state index contributed by atoms with van der Waals surface area (Å²) in [5, 5.41) is 10.9. The molecular weight excluding hydrogens is 444 g/mol. The molecule has 0 bridgehead atoms. The summed E-state index contributed by atoms with van der Waals surface area (Å²) in [5.74, 6) is 0.101. The smallest absolute Gasteiger partial charge is 0.325 e. The summed E-state index contributed by atoms with van der Waals surface area (Å²) in [6.45, 7) is 4.17. The SMILES string of the molecule is CCOC(=O)CNC(=O)NC1CCC(NC(=O)c2csc(COc3ccc(C)cc3)n2)CC1. The van der Waals surface area contributed by atoms with Crippen LogP contribution in [-0.4, -0.2) is 48.1 Å². The number of benzene rings is 1. The second-order valence-corrected chi connectivity index (χ2v) is 8.82. The van der Waals surface area contributed by atoms with Gasteiger partial charge in [0, 0.05) is 17.5 Å². The Balaban J connectivity index is 1.36. The van der Waals surface area contributed by atoms with Gasteiger partial charge in [-0.2, -0.15) is 0 Å². The molecule has 1 fully saturated rings. The van der Waals surface area contributed by atoms with Crippen LogP contribution in [0.5, 0.6) is 5.75 Å². The van der Waals surface area contributed by atoms with Crippen molar-refractivity contribution < 1.29 is 23.9 Å². The molecule has 1 heterocycles. The van der Waals surface area contributed by atoms with Crippen LogP contribution in [0.3, 0.4) is 0 Å². The highest BCUT2D eigenvalue weighted by Gasteiger charge is 2.24. The van der Waals surface area contributed by atoms with E-state index in [0.29, 0.717) is 12.3 Å². The Morgan fingerprint density at radius 2 is 1.73 bits per heavy atom. The number of aryl methyl sites for hydroxylation is 1. The van der Waals surface area contributed by atoms with E-state index in [1.807, 2.05) is 31.2 Å². The maximum atomic E-state index is 12.6. The van der Waals surface area contributed by atoms with Gasteiger partial charge in [-0.25, -0.2) is 9.78 Å². The minimum atomic E-state index is -0.467. The number of rotatable bonds is 9. The molecule has 0 spiro atoms. The van der Waals surface area contributed by atoms with Crippen molar-refractivity contribution in [3.05, 3.63) is 45.9 Å². The van der Waals surface area contributed by atoms with Crippen molar-refractivity contribution in [2.24, 2.45) is 0 Å². The Bertz CT molecular complexity index is 939. The summed E-state index contributed by atoms with van der Waals surface area (Å²) in [6, 6.07) is 7.43. The average Bonchev–Trinajstić information content (AvgIpc) is 3.28. The fourth-order valence-corrected chi connectivity index (χ4v) is 4.19. The van der Waals surface area contributed by atoms with E-state index in [4.69, 9.17) is 9.47 Å². The molecule has 1 aliphatic carbocycles. The van der Waals surface area contributed by atoms with Crippen LogP contribution in [-0.2, 0) is 16.1 Å². The van der Waals surface area contributed by atoms with Crippen molar-refractivity contribution in [3.63, 3.8) is 0 Å². The normalized spacial score (nSPS) is 17.6. The highest BCUT2D eigenvalue weighted by Crippen LogP contribution is 2.20. The Labute approximate surface area is 197 Å². The molecule has 3 rings (SSSR count). The Kier molecular flexibility index (Phi) is 9.05. The zero-order chi connectivity index (χ0) is 23.6. The zero-order valence-corrected chi connectivity index (χ0v) is 19.7. The summed E-state index contributed by atoms with van der Waals surface area (Å²) in [6.07, 6.45) is 2.99. The topological polar surface area (TPSA) is 119 Å². The van der Waals surface area contributed by atoms with Gasteiger partial charge in [0.15, 0.2) is 0 Å². The predicted molar refractivity (Wildman–Crippen MR) is 124 cm³/mol. The Morgan fingerprint density at radius 1 is 1.06 bits per heavy atom. The zero-order valence-electron chi connectivity index (χ0n) is 18.9. The van der Waals surface area contributed by atoms with E-state index in [1.165, 1.54) is 11.3 Å². The van der Waals surface area contributed by atoms with Crippen LogP contribution in [0, 0.1) is 6.92 Å². The number of carbonyl (C=O) groups excluding carboxylic acids is 3. The number of hydrogen-bond donors (Lipinski definition) is 3. The van der Waals surface area contributed by atoms with E-state index in [2.05, 4.69) is 20.9 Å². The lowest BCUT2D eigenvalue weighted by molar-refractivity contribution is -0.141. The van der Waals surface area contributed by atoms with Crippen LogP contribution in [0.4, 0.5) is 4.79 Å². The summed E-state index contributed by atoms with van der Waals surface area (Å²) < 4.78 is 10.5. The quantitative estimate of drug-likeness (QED) is 0.481. The van der Waals surface area contributed by atoms with E-state index in [0.717, 1.165) is 42.0 Å². The number of esters is 1. The monoisotopic (exact) mass is 474 g/mol. The number of aromatic nitrogens is 1. The molecule has 2 aromatic rings. The highest BCUT2D eigenvalue weighted by molar-refractivity contribution is 7.09. The predicted octanol–water partition coefficient (Wildman–Crippen LogP) is 2.93. The summed E-state index contributed by atoms with van der Waals surface area (Å²) in [5.41, 5.74) is 1.55. The molecule has 0 radical (unpaired) electrons. The van der Waals surface area contributed by atoms with E-state index >= 15 is 0 Å². The summed E-state index contributed by atoms with van der Waals surface area (Å²) >= 11 is 1.39. The first kappa shape index (κ1) is 24.5. The number of thiazole rings is 1. The average molecular weight is 475 g/mol. The van der Waals surface area contributed by atoms with E-state index < -0.39 is 12.0 Å². The molecule has 178 valence electrons. The van der Waals surface area contributed by atoms with Crippen LogP contribution >= 0.6 is 11.3 Å². The number of amides is 3. The molecule has 1 aromatic carbocycles. The van der Waals surface area contributed by atoms with Crippen LogP contribution in [0.1, 0.15) is 53.7 Å². The molecule has 33 heavy (non-hydrogen) atoms.